The Bertz CT molecular complexity index is 927. The largest absolute Gasteiger partial charge is 0.369 e. The van der Waals surface area contributed by atoms with Gasteiger partial charge in [0.2, 0.25) is 5.95 Å². The summed E-state index contributed by atoms with van der Waals surface area (Å²) in [6.45, 7) is 0. The molecular formula is C15H10N4O2. The van der Waals surface area contributed by atoms with Crippen molar-refractivity contribution < 1.29 is 9.59 Å². The van der Waals surface area contributed by atoms with Gasteiger partial charge in [-0.25, -0.2) is 4.98 Å². The van der Waals surface area contributed by atoms with Crippen LogP contribution in [0.1, 0.15) is 20.7 Å². The third-order valence-corrected chi connectivity index (χ3v) is 3.56. The van der Waals surface area contributed by atoms with Crippen LogP contribution in [0, 0.1) is 0 Å². The number of fused-ring (bicyclic) bond motifs is 2. The maximum Gasteiger partial charge on any atom is 0.259 e. The number of nitrogen functional groups attached to an aromatic ring is 1. The van der Waals surface area contributed by atoms with Gasteiger partial charge in [0.25, 0.3) is 11.8 Å². The van der Waals surface area contributed by atoms with Crippen molar-refractivity contribution in [3.05, 3.63) is 53.6 Å². The number of amides is 2. The molecule has 21 heavy (non-hydrogen) atoms. The average Bonchev–Trinajstić information content (AvgIpc) is 2.95. The zero-order valence-electron chi connectivity index (χ0n) is 10.8. The van der Waals surface area contributed by atoms with Gasteiger partial charge in [-0.3, -0.25) is 19.5 Å². The Morgan fingerprint density at radius 1 is 1.00 bits per heavy atom. The summed E-state index contributed by atoms with van der Waals surface area (Å²) >= 11 is 0. The van der Waals surface area contributed by atoms with Gasteiger partial charge >= 0.3 is 0 Å². The van der Waals surface area contributed by atoms with Crippen molar-refractivity contribution in [3.63, 3.8) is 0 Å². The molecule has 3 aromatic rings. The van der Waals surface area contributed by atoms with E-state index in [2.05, 4.69) is 10.3 Å². The second-order valence-corrected chi connectivity index (χ2v) is 4.81. The lowest BCUT2D eigenvalue weighted by atomic mass is 10.1. The van der Waals surface area contributed by atoms with Gasteiger partial charge in [0.15, 0.2) is 0 Å². The van der Waals surface area contributed by atoms with Crippen LogP contribution in [0.25, 0.3) is 16.7 Å². The first-order valence-electron chi connectivity index (χ1n) is 6.38. The molecule has 4 rings (SSSR count). The van der Waals surface area contributed by atoms with E-state index < -0.39 is 0 Å². The number of nitrogens with one attached hydrogen (secondary N) is 1. The van der Waals surface area contributed by atoms with Crippen molar-refractivity contribution in [1.29, 1.82) is 0 Å². The molecule has 0 unspecified atom stereocenters. The molecule has 6 nitrogen and oxygen atoms in total. The van der Waals surface area contributed by atoms with Gasteiger partial charge in [-0.1, -0.05) is 12.1 Å². The normalized spacial score (nSPS) is 13.5. The number of nitrogens with two attached hydrogens (primary N) is 1. The van der Waals surface area contributed by atoms with Crippen LogP contribution in [0.4, 0.5) is 5.95 Å². The molecule has 1 aromatic heterocycles. The molecule has 102 valence electrons. The zero-order valence-corrected chi connectivity index (χ0v) is 10.8. The van der Waals surface area contributed by atoms with Crippen LogP contribution in [-0.4, -0.2) is 21.4 Å². The standard InChI is InChI=1S/C15H10N4O2/c16-15-17-11-3-1-2-4-12(11)19(15)8-5-6-9-10(7-8)14(21)18-13(9)20/h1-7H,(H2,16,17)(H,18,20,21). The van der Waals surface area contributed by atoms with Crippen molar-refractivity contribution in [2.75, 3.05) is 5.73 Å². The molecule has 0 radical (unpaired) electrons. The molecule has 3 N–H and O–H groups in total. The quantitative estimate of drug-likeness (QED) is 0.660. The van der Waals surface area contributed by atoms with Crippen LogP contribution in [-0.2, 0) is 0 Å². The van der Waals surface area contributed by atoms with Gasteiger partial charge in [0.1, 0.15) is 0 Å². The zero-order chi connectivity index (χ0) is 14.6. The van der Waals surface area contributed by atoms with Gasteiger partial charge in [-0.2, -0.15) is 0 Å². The molecule has 0 saturated heterocycles. The minimum absolute atomic E-state index is 0.334. The predicted molar refractivity (Wildman–Crippen MR) is 77.3 cm³/mol. The number of anilines is 1. The summed E-state index contributed by atoms with van der Waals surface area (Å²) in [5.41, 5.74) is 9.03. The number of nitrogens with zero attached hydrogens (tertiary/aromatic N) is 2. The summed E-state index contributed by atoms with van der Waals surface area (Å²) in [6, 6.07) is 12.6. The first kappa shape index (κ1) is 11.7. The fourth-order valence-electron chi connectivity index (χ4n) is 2.61. The molecule has 0 atom stereocenters. The third kappa shape index (κ3) is 1.56. The van der Waals surface area contributed by atoms with E-state index in [9.17, 15) is 9.59 Å². The number of hydrogen-bond donors (Lipinski definition) is 2. The smallest absolute Gasteiger partial charge is 0.259 e. The van der Waals surface area contributed by atoms with E-state index in [-0.39, 0.29) is 11.8 Å². The van der Waals surface area contributed by atoms with Crippen molar-refractivity contribution in [1.82, 2.24) is 14.9 Å². The van der Waals surface area contributed by atoms with E-state index in [0.717, 1.165) is 11.0 Å². The van der Waals surface area contributed by atoms with Crippen LogP contribution in [0.15, 0.2) is 42.5 Å². The second-order valence-electron chi connectivity index (χ2n) is 4.81. The maximum atomic E-state index is 11.8. The van der Waals surface area contributed by atoms with Crippen LogP contribution >= 0.6 is 0 Å². The lowest BCUT2D eigenvalue weighted by molar-refractivity contribution is 0.0879. The van der Waals surface area contributed by atoms with E-state index in [4.69, 9.17) is 5.73 Å². The highest BCUT2D eigenvalue weighted by Crippen LogP contribution is 2.26. The second kappa shape index (κ2) is 3.92. The number of benzene rings is 2. The highest BCUT2D eigenvalue weighted by Gasteiger charge is 2.27. The summed E-state index contributed by atoms with van der Waals surface area (Å²) in [5, 5.41) is 2.27. The fraction of sp³-hybridized carbons (Fsp3) is 0. The van der Waals surface area contributed by atoms with Crippen molar-refractivity contribution in [2.45, 2.75) is 0 Å². The molecule has 0 spiro atoms. The van der Waals surface area contributed by atoms with Gasteiger partial charge in [-0.15, -0.1) is 0 Å². The van der Waals surface area contributed by atoms with E-state index in [0.29, 0.717) is 22.8 Å². The van der Waals surface area contributed by atoms with Gasteiger partial charge < -0.3 is 5.73 Å². The van der Waals surface area contributed by atoms with Crippen molar-refractivity contribution in [2.24, 2.45) is 0 Å². The molecule has 2 amide bonds. The summed E-state index contributed by atoms with van der Waals surface area (Å²) < 4.78 is 1.76. The Kier molecular flexibility index (Phi) is 2.18. The molecule has 6 heteroatoms. The van der Waals surface area contributed by atoms with Gasteiger partial charge in [-0.05, 0) is 30.3 Å². The van der Waals surface area contributed by atoms with Crippen molar-refractivity contribution in [3.8, 4) is 5.69 Å². The minimum atomic E-state index is -0.389. The SMILES string of the molecule is Nc1nc2ccccc2n1-c1ccc2c(c1)C(=O)NC2=O. The number of carbonyl (C=O) groups is 2. The summed E-state index contributed by atoms with van der Waals surface area (Å²) in [6.07, 6.45) is 0. The topological polar surface area (TPSA) is 90.0 Å². The number of imidazole rings is 1. The molecule has 2 aromatic carbocycles. The summed E-state index contributed by atoms with van der Waals surface area (Å²) in [7, 11) is 0. The highest BCUT2D eigenvalue weighted by molar-refractivity contribution is 6.21. The van der Waals surface area contributed by atoms with E-state index >= 15 is 0 Å². The van der Waals surface area contributed by atoms with E-state index in [1.54, 1.807) is 22.8 Å². The average molecular weight is 278 g/mol. The third-order valence-electron chi connectivity index (χ3n) is 3.56. The van der Waals surface area contributed by atoms with Gasteiger partial charge in [0.05, 0.1) is 22.2 Å². The molecule has 0 saturated carbocycles. The Hall–Kier alpha value is -3.15. The van der Waals surface area contributed by atoms with Gasteiger partial charge in [0, 0.05) is 5.69 Å². The molecule has 0 bridgehead atoms. The number of para-hydroxylation sites is 2. The van der Waals surface area contributed by atoms with E-state index in [1.807, 2.05) is 24.3 Å². The Labute approximate surface area is 119 Å². The Balaban J connectivity index is 1.98. The number of imide groups is 1. The first-order valence-corrected chi connectivity index (χ1v) is 6.38. The lowest BCUT2D eigenvalue weighted by Gasteiger charge is -2.07. The highest BCUT2D eigenvalue weighted by atomic mass is 16.2. The van der Waals surface area contributed by atoms with Crippen LogP contribution in [0.2, 0.25) is 0 Å². The van der Waals surface area contributed by atoms with Crippen molar-refractivity contribution >= 4 is 28.8 Å². The predicted octanol–water partition coefficient (Wildman–Crippen LogP) is 1.49. The monoisotopic (exact) mass is 278 g/mol. The minimum Gasteiger partial charge on any atom is -0.369 e. The Morgan fingerprint density at radius 2 is 1.76 bits per heavy atom. The van der Waals surface area contributed by atoms with E-state index in [1.165, 1.54) is 0 Å². The summed E-state index contributed by atoms with van der Waals surface area (Å²) in [5.74, 6) is -0.425. The Morgan fingerprint density at radius 3 is 2.62 bits per heavy atom. The molecule has 1 aliphatic heterocycles. The lowest BCUT2D eigenvalue weighted by Crippen LogP contribution is -2.19. The van der Waals surface area contributed by atoms with Crippen LogP contribution in [0.3, 0.4) is 0 Å². The first-order chi connectivity index (χ1) is 10.1. The molecule has 2 heterocycles. The van der Waals surface area contributed by atoms with Crippen LogP contribution in [0.5, 0.6) is 0 Å². The molecule has 0 aliphatic carbocycles. The molecule has 0 fully saturated rings. The number of rotatable bonds is 1. The number of aromatic nitrogens is 2. The maximum absolute atomic E-state index is 11.8. The molecule has 1 aliphatic rings. The number of hydrogen-bond acceptors (Lipinski definition) is 4. The number of carbonyl (C=O) groups excluding carboxylic acids is 2. The fourth-order valence-corrected chi connectivity index (χ4v) is 2.61. The van der Waals surface area contributed by atoms with Crippen LogP contribution < -0.4 is 11.1 Å². The summed E-state index contributed by atoms with van der Waals surface area (Å²) in [4.78, 5) is 27.6. The molecular weight excluding hydrogens is 268 g/mol.